The molecule has 0 aliphatic rings. The zero-order valence-electron chi connectivity index (χ0n) is 15.4. The van der Waals surface area contributed by atoms with Crippen molar-refractivity contribution in [3.8, 4) is 17.2 Å². The van der Waals surface area contributed by atoms with E-state index in [0.717, 1.165) is 5.69 Å². The Labute approximate surface area is 167 Å². The fourth-order valence-corrected chi connectivity index (χ4v) is 2.75. The zero-order chi connectivity index (χ0) is 20.1. The number of aromatic nitrogens is 2. The molecule has 4 rings (SSSR count). The molecule has 0 fully saturated rings. The Kier molecular flexibility index (Phi) is 5.11. The van der Waals surface area contributed by atoms with E-state index < -0.39 is 0 Å². The first kappa shape index (κ1) is 18.1. The van der Waals surface area contributed by atoms with Crippen molar-refractivity contribution in [2.24, 2.45) is 0 Å². The molecule has 2 aromatic heterocycles. The van der Waals surface area contributed by atoms with Crippen molar-refractivity contribution in [3.05, 3.63) is 103 Å². The second kappa shape index (κ2) is 8.18. The average molecular weight is 386 g/mol. The molecule has 0 aliphatic heterocycles. The summed E-state index contributed by atoms with van der Waals surface area (Å²) in [5, 5.41) is 16.7. The molecule has 0 saturated heterocycles. The van der Waals surface area contributed by atoms with Crippen LogP contribution in [0.5, 0.6) is 11.5 Å². The van der Waals surface area contributed by atoms with Gasteiger partial charge >= 0.3 is 6.03 Å². The first-order valence-electron chi connectivity index (χ1n) is 8.94. The maximum Gasteiger partial charge on any atom is 0.323 e. The fraction of sp³-hybridized carbons (Fsp3) is 0. The molecule has 2 amide bonds. The van der Waals surface area contributed by atoms with E-state index in [0.29, 0.717) is 27.6 Å². The van der Waals surface area contributed by atoms with E-state index in [1.54, 1.807) is 36.4 Å². The quantitative estimate of drug-likeness (QED) is 0.390. The normalized spacial score (nSPS) is 10.3. The van der Waals surface area contributed by atoms with E-state index in [1.807, 2.05) is 53.4 Å². The number of hydrogen-bond donors (Lipinski definition) is 2. The van der Waals surface area contributed by atoms with Crippen LogP contribution in [0.25, 0.3) is 5.69 Å². The van der Waals surface area contributed by atoms with E-state index in [2.05, 4.69) is 10.6 Å². The number of urea groups is 1. The van der Waals surface area contributed by atoms with Gasteiger partial charge in [-0.15, -0.1) is 0 Å². The van der Waals surface area contributed by atoms with Crippen molar-refractivity contribution >= 4 is 17.4 Å². The molecule has 7 nitrogen and oxygen atoms in total. The van der Waals surface area contributed by atoms with Crippen molar-refractivity contribution < 1.29 is 14.3 Å². The van der Waals surface area contributed by atoms with Crippen LogP contribution in [0.4, 0.5) is 16.2 Å². The minimum atomic E-state index is -0.341. The number of nitrogens with zero attached hydrogens (tertiary/aromatic N) is 2. The maximum atomic E-state index is 12.3. The Balaban J connectivity index is 1.36. The van der Waals surface area contributed by atoms with Gasteiger partial charge in [0.05, 0.1) is 0 Å². The summed E-state index contributed by atoms with van der Waals surface area (Å²) < 4.78 is 8.31. The summed E-state index contributed by atoms with van der Waals surface area (Å²) in [5.74, 6) is 1.15. The molecule has 0 aliphatic carbocycles. The summed E-state index contributed by atoms with van der Waals surface area (Å²) in [6.07, 6.45) is 6.61. The standard InChI is InChI=1S/C22H18N4O3/c27-22(24-18-4-3-5-19(16-18)25-12-1-2-13-25)23-17-6-8-20(9-7-17)29-21-10-14-26(28)15-11-21/h1-16H,(H2,23,24,27). The zero-order valence-corrected chi connectivity index (χ0v) is 15.4. The molecular formula is C22H18N4O3. The second-order valence-electron chi connectivity index (χ2n) is 6.24. The number of amides is 2. The van der Waals surface area contributed by atoms with Gasteiger partial charge in [0, 0.05) is 41.6 Å². The lowest BCUT2D eigenvalue weighted by molar-refractivity contribution is -0.605. The van der Waals surface area contributed by atoms with Gasteiger partial charge in [0.2, 0.25) is 0 Å². The number of rotatable bonds is 5. The molecule has 0 atom stereocenters. The van der Waals surface area contributed by atoms with E-state index >= 15 is 0 Å². The van der Waals surface area contributed by atoms with Crippen LogP contribution in [0.3, 0.4) is 0 Å². The van der Waals surface area contributed by atoms with Crippen molar-refractivity contribution in [1.82, 2.24) is 4.57 Å². The lowest BCUT2D eigenvalue weighted by Gasteiger charge is -2.10. The van der Waals surface area contributed by atoms with Crippen molar-refractivity contribution in [3.63, 3.8) is 0 Å². The van der Waals surface area contributed by atoms with E-state index in [-0.39, 0.29) is 6.03 Å². The number of anilines is 2. The molecular weight excluding hydrogens is 368 g/mol. The van der Waals surface area contributed by atoms with E-state index in [4.69, 9.17) is 4.74 Å². The lowest BCUT2D eigenvalue weighted by atomic mass is 10.2. The van der Waals surface area contributed by atoms with Gasteiger partial charge in [0.15, 0.2) is 12.4 Å². The maximum absolute atomic E-state index is 12.3. The molecule has 2 N–H and O–H groups in total. The topological polar surface area (TPSA) is 82.2 Å². The Morgan fingerprint density at radius 1 is 0.828 bits per heavy atom. The fourth-order valence-electron chi connectivity index (χ4n) is 2.75. The average Bonchev–Trinajstić information content (AvgIpc) is 3.26. The molecule has 0 unspecified atom stereocenters. The SMILES string of the molecule is O=C(Nc1ccc(Oc2cc[n+]([O-])cc2)cc1)Nc1cccc(-n2cccc2)c1. The number of carbonyl (C=O) groups excluding carboxylic acids is 1. The molecule has 0 spiro atoms. The third-order valence-electron chi connectivity index (χ3n) is 4.13. The molecule has 4 aromatic rings. The van der Waals surface area contributed by atoms with Crippen LogP contribution < -0.4 is 20.1 Å². The van der Waals surface area contributed by atoms with Crippen LogP contribution in [0, 0.1) is 5.21 Å². The summed E-state index contributed by atoms with van der Waals surface area (Å²) in [6.45, 7) is 0. The number of carbonyl (C=O) groups is 1. The smallest absolute Gasteiger partial charge is 0.323 e. The Morgan fingerprint density at radius 2 is 1.48 bits per heavy atom. The summed E-state index contributed by atoms with van der Waals surface area (Å²) in [7, 11) is 0. The van der Waals surface area contributed by atoms with Gasteiger partial charge in [-0.3, -0.25) is 0 Å². The number of hydrogen-bond acceptors (Lipinski definition) is 3. The molecule has 2 heterocycles. The molecule has 2 aromatic carbocycles. The molecule has 144 valence electrons. The van der Waals surface area contributed by atoms with Gasteiger partial charge in [-0.05, 0) is 54.6 Å². The van der Waals surface area contributed by atoms with Crippen molar-refractivity contribution in [1.29, 1.82) is 0 Å². The predicted molar refractivity (Wildman–Crippen MR) is 110 cm³/mol. The van der Waals surface area contributed by atoms with Crippen LogP contribution in [-0.4, -0.2) is 10.6 Å². The third kappa shape index (κ3) is 4.72. The summed E-state index contributed by atoms with van der Waals surface area (Å²) >= 11 is 0. The van der Waals surface area contributed by atoms with Crippen LogP contribution in [0.15, 0.2) is 97.6 Å². The van der Waals surface area contributed by atoms with Crippen LogP contribution in [-0.2, 0) is 0 Å². The molecule has 29 heavy (non-hydrogen) atoms. The van der Waals surface area contributed by atoms with Crippen molar-refractivity contribution in [2.45, 2.75) is 0 Å². The minimum Gasteiger partial charge on any atom is -0.619 e. The Hall–Kier alpha value is -4.26. The molecule has 7 heteroatoms. The third-order valence-corrected chi connectivity index (χ3v) is 4.13. The predicted octanol–water partition coefficient (Wildman–Crippen LogP) is 4.55. The van der Waals surface area contributed by atoms with Gasteiger partial charge in [-0.1, -0.05) is 6.07 Å². The van der Waals surface area contributed by atoms with Gasteiger partial charge in [0.1, 0.15) is 11.5 Å². The van der Waals surface area contributed by atoms with E-state index in [9.17, 15) is 10.0 Å². The van der Waals surface area contributed by atoms with Crippen LogP contribution in [0.2, 0.25) is 0 Å². The van der Waals surface area contributed by atoms with Crippen LogP contribution in [0.1, 0.15) is 0 Å². The molecule has 0 saturated carbocycles. The van der Waals surface area contributed by atoms with Gasteiger partial charge in [0.25, 0.3) is 0 Å². The number of pyridine rings is 1. The number of ether oxygens (including phenoxy) is 1. The summed E-state index contributed by atoms with van der Waals surface area (Å²) in [4.78, 5) is 12.3. The van der Waals surface area contributed by atoms with Crippen LogP contribution >= 0.6 is 0 Å². The highest BCUT2D eigenvalue weighted by atomic mass is 16.5. The summed E-state index contributed by atoms with van der Waals surface area (Å²) in [5.41, 5.74) is 2.27. The highest BCUT2D eigenvalue weighted by Gasteiger charge is 2.05. The van der Waals surface area contributed by atoms with E-state index in [1.165, 1.54) is 12.4 Å². The highest BCUT2D eigenvalue weighted by Crippen LogP contribution is 2.22. The molecule has 0 bridgehead atoms. The lowest BCUT2D eigenvalue weighted by Crippen LogP contribution is -2.23. The van der Waals surface area contributed by atoms with Gasteiger partial charge in [-0.25, -0.2) is 4.79 Å². The first-order chi connectivity index (χ1) is 14.2. The Morgan fingerprint density at radius 3 is 2.21 bits per heavy atom. The second-order valence-corrected chi connectivity index (χ2v) is 6.24. The highest BCUT2D eigenvalue weighted by molar-refractivity contribution is 5.99. The minimum absolute atomic E-state index is 0.341. The molecule has 0 radical (unpaired) electrons. The Bertz CT molecular complexity index is 1090. The van der Waals surface area contributed by atoms with Gasteiger partial charge in [-0.2, -0.15) is 4.73 Å². The van der Waals surface area contributed by atoms with Gasteiger partial charge < -0.3 is 25.1 Å². The number of nitrogens with one attached hydrogen (secondary N) is 2. The number of benzene rings is 2. The van der Waals surface area contributed by atoms with Crippen molar-refractivity contribution in [2.75, 3.05) is 10.6 Å². The first-order valence-corrected chi connectivity index (χ1v) is 8.94. The largest absolute Gasteiger partial charge is 0.619 e. The monoisotopic (exact) mass is 386 g/mol. The summed E-state index contributed by atoms with van der Waals surface area (Å²) in [6, 6.07) is 21.2.